The molecule has 0 N–H and O–H groups in total. The molecule has 0 bridgehead atoms. The highest BCUT2D eigenvalue weighted by molar-refractivity contribution is 4.76. The van der Waals surface area contributed by atoms with Gasteiger partial charge in [-0.3, -0.25) is 0 Å². The number of hydrogen-bond donors (Lipinski definition) is 0. The van der Waals surface area contributed by atoms with Crippen LogP contribution in [0, 0.1) is 18.8 Å². The molecular formula is C13H24O. The maximum absolute atomic E-state index is 5.63. The molecule has 0 aromatic heterocycles. The van der Waals surface area contributed by atoms with Gasteiger partial charge in [0.2, 0.25) is 0 Å². The van der Waals surface area contributed by atoms with Gasteiger partial charge in [0.05, 0.1) is 12.2 Å². The first-order chi connectivity index (χ1) is 6.63. The van der Waals surface area contributed by atoms with Crippen LogP contribution >= 0.6 is 0 Å². The molecule has 1 fully saturated rings. The average Bonchev–Trinajstić information content (AvgIpc) is 2.17. The van der Waals surface area contributed by atoms with Crippen LogP contribution in [0.1, 0.15) is 52.9 Å². The molecule has 1 nitrogen and oxygen atoms in total. The second-order valence-electron chi connectivity index (χ2n) is 4.76. The molecule has 0 aliphatic heterocycles. The summed E-state index contributed by atoms with van der Waals surface area (Å²) in [5.41, 5.74) is 0. The third-order valence-electron chi connectivity index (χ3n) is 3.57. The van der Waals surface area contributed by atoms with E-state index in [9.17, 15) is 0 Å². The normalized spacial score (nSPS) is 30.6. The van der Waals surface area contributed by atoms with Gasteiger partial charge < -0.3 is 4.74 Å². The Morgan fingerprint density at radius 3 is 2.21 bits per heavy atom. The van der Waals surface area contributed by atoms with E-state index in [-0.39, 0.29) is 6.10 Å². The minimum absolute atomic E-state index is 0.0971. The summed E-state index contributed by atoms with van der Waals surface area (Å²) in [5, 5.41) is 0. The first-order valence-corrected chi connectivity index (χ1v) is 6.04. The molecule has 0 saturated heterocycles. The molecule has 2 unspecified atom stereocenters. The Balaban J connectivity index is 2.24. The lowest BCUT2D eigenvalue weighted by Gasteiger charge is -2.32. The Morgan fingerprint density at radius 2 is 1.79 bits per heavy atom. The van der Waals surface area contributed by atoms with Crippen molar-refractivity contribution in [1.82, 2.24) is 0 Å². The fourth-order valence-corrected chi connectivity index (χ4v) is 2.43. The molecule has 14 heavy (non-hydrogen) atoms. The number of rotatable bonds is 4. The fourth-order valence-electron chi connectivity index (χ4n) is 2.43. The minimum Gasteiger partial charge on any atom is -0.375 e. The Bertz CT molecular complexity index is 145. The predicted octanol–water partition coefficient (Wildman–Crippen LogP) is 3.71. The summed E-state index contributed by atoms with van der Waals surface area (Å²) in [6.45, 7) is 12.2. The largest absolute Gasteiger partial charge is 0.375 e. The summed E-state index contributed by atoms with van der Waals surface area (Å²) in [7, 11) is 0. The molecule has 1 aliphatic carbocycles. The van der Waals surface area contributed by atoms with E-state index in [1.54, 1.807) is 0 Å². The lowest BCUT2D eigenvalue weighted by Crippen LogP contribution is -2.26. The maximum Gasteiger partial charge on any atom is 0.0586 e. The molecular weight excluding hydrogens is 172 g/mol. The summed E-state index contributed by atoms with van der Waals surface area (Å²) < 4.78 is 5.63. The zero-order chi connectivity index (χ0) is 10.6. The summed E-state index contributed by atoms with van der Waals surface area (Å²) in [4.78, 5) is 0. The monoisotopic (exact) mass is 196 g/mol. The third kappa shape index (κ3) is 3.61. The van der Waals surface area contributed by atoms with Gasteiger partial charge in [-0.2, -0.15) is 0 Å². The molecule has 82 valence electrons. The van der Waals surface area contributed by atoms with Crippen molar-refractivity contribution >= 4 is 0 Å². The van der Waals surface area contributed by atoms with Crippen LogP contribution in [0.4, 0.5) is 0 Å². The number of ether oxygens (including phenoxy) is 1. The van der Waals surface area contributed by atoms with Crippen LogP contribution in [-0.2, 0) is 4.74 Å². The fraction of sp³-hybridized carbons (Fsp3) is 0.923. The predicted molar refractivity (Wildman–Crippen MR) is 60.0 cm³/mol. The summed E-state index contributed by atoms with van der Waals surface area (Å²) in [6.07, 6.45) is 6.70. The topological polar surface area (TPSA) is 9.23 Å². The van der Waals surface area contributed by atoms with Gasteiger partial charge in [-0.25, -0.2) is 0 Å². The molecule has 1 heteroatoms. The van der Waals surface area contributed by atoms with Gasteiger partial charge in [0.1, 0.15) is 0 Å². The summed E-state index contributed by atoms with van der Waals surface area (Å²) in [5.74, 6) is 1.80. The highest BCUT2D eigenvalue weighted by Gasteiger charge is 2.25. The Labute approximate surface area is 89.2 Å². The van der Waals surface area contributed by atoms with Gasteiger partial charge in [-0.05, 0) is 51.4 Å². The van der Waals surface area contributed by atoms with Gasteiger partial charge in [-0.15, -0.1) is 0 Å². The van der Waals surface area contributed by atoms with E-state index in [0.29, 0.717) is 6.10 Å². The van der Waals surface area contributed by atoms with Crippen molar-refractivity contribution in [1.29, 1.82) is 0 Å². The van der Waals surface area contributed by atoms with E-state index in [2.05, 4.69) is 13.8 Å². The number of hydrogen-bond acceptors (Lipinski definition) is 1. The van der Waals surface area contributed by atoms with Crippen molar-refractivity contribution < 1.29 is 4.74 Å². The molecule has 0 amide bonds. The SMILES string of the molecule is [CH]C(C)OC1CCC(C(C)CC)CC1. The summed E-state index contributed by atoms with van der Waals surface area (Å²) in [6, 6.07) is 0. The van der Waals surface area contributed by atoms with E-state index in [4.69, 9.17) is 11.7 Å². The molecule has 2 atom stereocenters. The molecule has 2 radical (unpaired) electrons. The van der Waals surface area contributed by atoms with Crippen LogP contribution < -0.4 is 0 Å². The zero-order valence-corrected chi connectivity index (χ0v) is 9.83. The Hall–Kier alpha value is -0.0400. The van der Waals surface area contributed by atoms with Crippen molar-refractivity contribution in [3.8, 4) is 0 Å². The average molecular weight is 196 g/mol. The van der Waals surface area contributed by atoms with E-state index < -0.39 is 0 Å². The van der Waals surface area contributed by atoms with E-state index in [1.807, 2.05) is 6.92 Å². The molecule has 0 aromatic carbocycles. The molecule has 1 saturated carbocycles. The van der Waals surface area contributed by atoms with Crippen molar-refractivity contribution in [2.24, 2.45) is 11.8 Å². The first kappa shape index (κ1) is 12.0. The van der Waals surface area contributed by atoms with Gasteiger partial charge >= 0.3 is 0 Å². The van der Waals surface area contributed by atoms with Crippen LogP contribution in [0.25, 0.3) is 0 Å². The Kier molecular flexibility index (Phi) is 4.94. The second-order valence-corrected chi connectivity index (χ2v) is 4.76. The lowest BCUT2D eigenvalue weighted by molar-refractivity contribution is -0.0133. The van der Waals surface area contributed by atoms with Gasteiger partial charge in [-0.1, -0.05) is 20.3 Å². The van der Waals surface area contributed by atoms with Crippen molar-refractivity contribution in [2.45, 2.75) is 65.1 Å². The molecule has 0 heterocycles. The van der Waals surface area contributed by atoms with Crippen molar-refractivity contribution in [2.75, 3.05) is 0 Å². The van der Waals surface area contributed by atoms with Gasteiger partial charge in [0, 0.05) is 0 Å². The quantitative estimate of drug-likeness (QED) is 0.666. The van der Waals surface area contributed by atoms with Crippen LogP contribution in [0.5, 0.6) is 0 Å². The molecule has 1 aliphatic rings. The van der Waals surface area contributed by atoms with E-state index in [1.165, 1.54) is 32.1 Å². The summed E-state index contributed by atoms with van der Waals surface area (Å²) >= 11 is 0. The second kappa shape index (κ2) is 5.75. The van der Waals surface area contributed by atoms with E-state index in [0.717, 1.165) is 11.8 Å². The van der Waals surface area contributed by atoms with Crippen molar-refractivity contribution in [3.05, 3.63) is 6.92 Å². The third-order valence-corrected chi connectivity index (χ3v) is 3.57. The van der Waals surface area contributed by atoms with Gasteiger partial charge in [0.25, 0.3) is 0 Å². The molecule has 1 rings (SSSR count). The smallest absolute Gasteiger partial charge is 0.0586 e. The zero-order valence-electron chi connectivity index (χ0n) is 9.83. The highest BCUT2D eigenvalue weighted by atomic mass is 16.5. The van der Waals surface area contributed by atoms with Crippen LogP contribution in [0.2, 0.25) is 0 Å². The Morgan fingerprint density at radius 1 is 1.21 bits per heavy atom. The maximum atomic E-state index is 5.63. The van der Waals surface area contributed by atoms with Crippen LogP contribution in [0.3, 0.4) is 0 Å². The van der Waals surface area contributed by atoms with Gasteiger partial charge in [0.15, 0.2) is 0 Å². The highest BCUT2D eigenvalue weighted by Crippen LogP contribution is 2.33. The van der Waals surface area contributed by atoms with Crippen LogP contribution in [0.15, 0.2) is 0 Å². The van der Waals surface area contributed by atoms with E-state index >= 15 is 0 Å². The molecule has 0 aromatic rings. The lowest BCUT2D eigenvalue weighted by atomic mass is 9.79. The minimum atomic E-state index is -0.0971. The molecule has 0 spiro atoms. The van der Waals surface area contributed by atoms with Crippen LogP contribution in [-0.4, -0.2) is 12.2 Å². The van der Waals surface area contributed by atoms with Crippen molar-refractivity contribution in [3.63, 3.8) is 0 Å². The standard InChI is InChI=1S/C13H24O/c1-5-11(4)12-6-8-13(9-7-12)14-10(2)3/h2,10-13H,5-9H2,1,3-4H3. The first-order valence-electron chi connectivity index (χ1n) is 6.04.